The molecule has 1 nitrogen and oxygen atoms in total. The zero-order valence-electron chi connectivity index (χ0n) is 8.63. The molecule has 2 heteroatoms. The second-order valence-corrected chi connectivity index (χ2v) is 4.37. The fraction of sp³-hybridized carbons (Fsp3) is 0.500. The molecule has 3 atom stereocenters. The highest BCUT2D eigenvalue weighted by Crippen LogP contribution is 2.42. The van der Waals surface area contributed by atoms with E-state index >= 15 is 0 Å². The Kier molecular flexibility index (Phi) is 2.31. The zero-order valence-corrected chi connectivity index (χ0v) is 8.63. The van der Waals surface area contributed by atoms with Crippen molar-refractivity contribution < 1.29 is 4.39 Å². The molecule has 0 aromatic heterocycles. The second kappa shape index (κ2) is 3.35. The molecule has 0 bridgehead atoms. The second-order valence-electron chi connectivity index (χ2n) is 4.37. The Hall–Kier alpha value is -0.890. The number of benzene rings is 1. The van der Waals surface area contributed by atoms with Gasteiger partial charge in [-0.1, -0.05) is 13.0 Å². The summed E-state index contributed by atoms with van der Waals surface area (Å²) in [5.41, 5.74) is 8.17. The molecule has 76 valence electrons. The van der Waals surface area contributed by atoms with Crippen LogP contribution in [0.15, 0.2) is 18.2 Å². The topological polar surface area (TPSA) is 26.0 Å². The first-order valence-electron chi connectivity index (χ1n) is 5.11. The summed E-state index contributed by atoms with van der Waals surface area (Å²) >= 11 is 0. The van der Waals surface area contributed by atoms with Gasteiger partial charge in [0.1, 0.15) is 5.82 Å². The van der Waals surface area contributed by atoms with Crippen LogP contribution in [-0.2, 0) is 0 Å². The molecule has 2 rings (SSSR count). The Morgan fingerprint density at radius 3 is 2.64 bits per heavy atom. The van der Waals surface area contributed by atoms with Gasteiger partial charge in [-0.25, -0.2) is 4.39 Å². The highest BCUT2D eigenvalue weighted by molar-refractivity contribution is 5.32. The number of aryl methyl sites for hydroxylation is 1. The third-order valence-corrected chi connectivity index (χ3v) is 3.47. The molecule has 14 heavy (non-hydrogen) atoms. The molecule has 1 fully saturated rings. The highest BCUT2D eigenvalue weighted by atomic mass is 19.1. The molecule has 0 aliphatic heterocycles. The molecule has 2 N–H and O–H groups in total. The van der Waals surface area contributed by atoms with Crippen molar-refractivity contribution in [3.63, 3.8) is 0 Å². The van der Waals surface area contributed by atoms with Crippen LogP contribution in [0.3, 0.4) is 0 Å². The average Bonchev–Trinajstić information content (AvgIpc) is 2.15. The van der Waals surface area contributed by atoms with Gasteiger partial charge in [-0.15, -0.1) is 0 Å². The van der Waals surface area contributed by atoms with E-state index in [2.05, 4.69) is 6.92 Å². The normalized spacial score (nSPS) is 31.3. The Morgan fingerprint density at radius 1 is 1.43 bits per heavy atom. The van der Waals surface area contributed by atoms with E-state index in [1.54, 1.807) is 12.1 Å². The van der Waals surface area contributed by atoms with Crippen LogP contribution in [0, 0.1) is 18.7 Å². The van der Waals surface area contributed by atoms with E-state index in [4.69, 9.17) is 5.73 Å². The summed E-state index contributed by atoms with van der Waals surface area (Å²) in [6, 6.07) is 5.37. The van der Waals surface area contributed by atoms with Crippen LogP contribution >= 0.6 is 0 Å². The van der Waals surface area contributed by atoms with Gasteiger partial charge in [0.05, 0.1) is 0 Å². The standard InChI is InChI=1S/C12H16FN/c1-7-5-9(13)3-4-10(7)11-6-12(14)8(11)2/h3-5,8,11-12H,6,14H2,1-2H3. The summed E-state index contributed by atoms with van der Waals surface area (Å²) < 4.78 is 12.9. The minimum atomic E-state index is -0.150. The van der Waals surface area contributed by atoms with Crippen molar-refractivity contribution in [2.24, 2.45) is 11.7 Å². The minimum absolute atomic E-state index is 0.150. The van der Waals surface area contributed by atoms with Crippen molar-refractivity contribution in [1.82, 2.24) is 0 Å². The summed E-state index contributed by atoms with van der Waals surface area (Å²) in [5, 5.41) is 0. The van der Waals surface area contributed by atoms with E-state index in [1.807, 2.05) is 13.0 Å². The maximum Gasteiger partial charge on any atom is 0.123 e. The van der Waals surface area contributed by atoms with Gasteiger partial charge in [-0.05, 0) is 48.4 Å². The summed E-state index contributed by atoms with van der Waals surface area (Å²) in [6.45, 7) is 4.14. The first-order valence-corrected chi connectivity index (χ1v) is 5.11. The van der Waals surface area contributed by atoms with Gasteiger partial charge >= 0.3 is 0 Å². The minimum Gasteiger partial charge on any atom is -0.327 e. The Morgan fingerprint density at radius 2 is 2.14 bits per heavy atom. The number of rotatable bonds is 1. The molecule has 1 saturated carbocycles. The van der Waals surface area contributed by atoms with Gasteiger partial charge < -0.3 is 5.73 Å². The molecule has 1 aliphatic carbocycles. The van der Waals surface area contributed by atoms with Crippen LogP contribution in [0.1, 0.15) is 30.4 Å². The van der Waals surface area contributed by atoms with Gasteiger partial charge in [0.2, 0.25) is 0 Å². The van der Waals surface area contributed by atoms with E-state index in [1.165, 1.54) is 5.56 Å². The largest absolute Gasteiger partial charge is 0.327 e. The number of nitrogens with two attached hydrogens (primary N) is 1. The van der Waals surface area contributed by atoms with Crippen LogP contribution < -0.4 is 5.73 Å². The van der Waals surface area contributed by atoms with Crippen molar-refractivity contribution in [2.75, 3.05) is 0 Å². The molecular weight excluding hydrogens is 177 g/mol. The van der Waals surface area contributed by atoms with Crippen LogP contribution in [0.2, 0.25) is 0 Å². The molecule has 0 amide bonds. The van der Waals surface area contributed by atoms with Crippen LogP contribution in [0.25, 0.3) is 0 Å². The Balaban J connectivity index is 2.25. The molecule has 0 radical (unpaired) electrons. The van der Waals surface area contributed by atoms with Crippen molar-refractivity contribution in [3.05, 3.63) is 35.1 Å². The third-order valence-electron chi connectivity index (χ3n) is 3.47. The van der Waals surface area contributed by atoms with E-state index < -0.39 is 0 Å². The average molecular weight is 193 g/mol. The van der Waals surface area contributed by atoms with Gasteiger partial charge in [0.15, 0.2) is 0 Å². The Labute approximate surface area is 84.1 Å². The lowest BCUT2D eigenvalue weighted by Gasteiger charge is -2.41. The molecule has 0 saturated heterocycles. The molecule has 1 aromatic rings. The summed E-state index contributed by atoms with van der Waals surface area (Å²) in [6.07, 6.45) is 1.04. The van der Waals surface area contributed by atoms with Gasteiger partial charge in [-0.2, -0.15) is 0 Å². The van der Waals surface area contributed by atoms with Gasteiger partial charge in [-0.3, -0.25) is 0 Å². The van der Waals surface area contributed by atoms with Crippen LogP contribution in [-0.4, -0.2) is 6.04 Å². The predicted octanol–water partition coefficient (Wildman–Crippen LogP) is 2.58. The Bertz CT molecular complexity index is 348. The lowest BCUT2D eigenvalue weighted by molar-refractivity contribution is 0.226. The third kappa shape index (κ3) is 1.44. The van der Waals surface area contributed by atoms with Crippen molar-refractivity contribution >= 4 is 0 Å². The number of hydrogen-bond donors (Lipinski definition) is 1. The molecule has 3 unspecified atom stereocenters. The zero-order chi connectivity index (χ0) is 10.3. The molecule has 1 aliphatic rings. The first-order chi connectivity index (χ1) is 6.59. The SMILES string of the molecule is Cc1cc(F)ccc1C1CC(N)C1C. The molecule has 0 spiro atoms. The van der Waals surface area contributed by atoms with Crippen LogP contribution in [0.4, 0.5) is 4.39 Å². The predicted molar refractivity (Wildman–Crippen MR) is 55.6 cm³/mol. The van der Waals surface area contributed by atoms with Crippen LogP contribution in [0.5, 0.6) is 0 Å². The summed E-state index contributed by atoms with van der Waals surface area (Å²) in [7, 11) is 0. The lowest BCUT2D eigenvalue weighted by Crippen LogP contribution is -2.44. The fourth-order valence-electron chi connectivity index (χ4n) is 2.29. The van der Waals surface area contributed by atoms with E-state index in [0.717, 1.165) is 12.0 Å². The summed E-state index contributed by atoms with van der Waals surface area (Å²) in [5.74, 6) is 0.910. The highest BCUT2D eigenvalue weighted by Gasteiger charge is 2.36. The lowest BCUT2D eigenvalue weighted by atomic mass is 9.67. The van der Waals surface area contributed by atoms with Gasteiger partial charge in [0, 0.05) is 6.04 Å². The molecular formula is C12H16FN. The molecule has 1 aromatic carbocycles. The smallest absolute Gasteiger partial charge is 0.123 e. The maximum atomic E-state index is 12.9. The van der Waals surface area contributed by atoms with E-state index in [-0.39, 0.29) is 5.82 Å². The number of hydrogen-bond acceptors (Lipinski definition) is 1. The van der Waals surface area contributed by atoms with Gasteiger partial charge in [0.25, 0.3) is 0 Å². The van der Waals surface area contributed by atoms with Crippen molar-refractivity contribution in [2.45, 2.75) is 32.2 Å². The summed E-state index contributed by atoms with van der Waals surface area (Å²) in [4.78, 5) is 0. The quantitative estimate of drug-likeness (QED) is 0.729. The monoisotopic (exact) mass is 193 g/mol. The fourth-order valence-corrected chi connectivity index (χ4v) is 2.29. The van der Waals surface area contributed by atoms with Crippen molar-refractivity contribution in [1.29, 1.82) is 0 Å². The molecule has 0 heterocycles. The van der Waals surface area contributed by atoms with E-state index in [0.29, 0.717) is 17.9 Å². The number of halogens is 1. The maximum absolute atomic E-state index is 12.9. The first kappa shape index (κ1) is 9.66. The van der Waals surface area contributed by atoms with E-state index in [9.17, 15) is 4.39 Å². The van der Waals surface area contributed by atoms with Crippen molar-refractivity contribution in [3.8, 4) is 0 Å².